The molecule has 0 bridgehead atoms. The maximum atomic E-state index is 12.6. The summed E-state index contributed by atoms with van der Waals surface area (Å²) in [6.45, 7) is 11.2. The van der Waals surface area contributed by atoms with Gasteiger partial charge in [-0.25, -0.2) is 21.8 Å². The van der Waals surface area contributed by atoms with E-state index >= 15 is 0 Å². The summed E-state index contributed by atoms with van der Waals surface area (Å²) in [5.74, 6) is 0.350. The average Bonchev–Trinajstić information content (AvgIpc) is 3.73. The minimum Gasteiger partial charge on any atom is -0.337 e. The van der Waals surface area contributed by atoms with Gasteiger partial charge in [0.15, 0.2) is 11.6 Å². The van der Waals surface area contributed by atoms with Gasteiger partial charge in [0, 0.05) is 58.3 Å². The number of amides is 2. The number of aryl methyl sites for hydroxylation is 1. The Kier molecular flexibility index (Phi) is 15.6. The smallest absolute Gasteiger partial charge is 0.266 e. The summed E-state index contributed by atoms with van der Waals surface area (Å²) in [5, 5.41) is 2.86. The third-order valence-electron chi connectivity index (χ3n) is 7.52. The minimum atomic E-state index is -4.11. The molecule has 0 aliphatic heterocycles. The second-order valence-corrected chi connectivity index (χ2v) is 18.7. The Morgan fingerprint density at radius 3 is 1.89 bits per heavy atom. The monoisotopic (exact) mass is 900 g/mol. The van der Waals surface area contributed by atoms with Crippen LogP contribution in [0.1, 0.15) is 59.4 Å². The molecule has 3 N–H and O–H groups in total. The number of carbonyl (C=O) groups excluding carboxylic acids is 2. The highest BCUT2D eigenvalue weighted by Crippen LogP contribution is 2.34. The third-order valence-corrected chi connectivity index (χ3v) is 12.9. The molecule has 56 heavy (non-hydrogen) atoms. The predicted octanol–water partition coefficient (Wildman–Crippen LogP) is 8.40. The van der Waals surface area contributed by atoms with Crippen LogP contribution in [0.2, 0.25) is 15.1 Å². The lowest BCUT2D eigenvalue weighted by molar-refractivity contribution is -0.134. The molecular weight excluding hydrogens is 863 g/mol. The van der Waals surface area contributed by atoms with Crippen molar-refractivity contribution in [3.63, 3.8) is 0 Å². The molecule has 0 radical (unpaired) electrons. The third kappa shape index (κ3) is 12.3. The summed E-state index contributed by atoms with van der Waals surface area (Å²) >= 11 is 19.6. The summed E-state index contributed by atoms with van der Waals surface area (Å²) < 4.78 is 63.4. The van der Waals surface area contributed by atoms with Crippen molar-refractivity contribution in [1.82, 2.24) is 23.6 Å². The number of benzene rings is 3. The maximum Gasteiger partial charge on any atom is 0.266 e. The molecule has 5 aromatic rings. The predicted molar refractivity (Wildman–Crippen MR) is 224 cm³/mol. The van der Waals surface area contributed by atoms with Crippen molar-refractivity contribution in [3.05, 3.63) is 87.1 Å². The topological polar surface area (TPSA) is 193 Å². The van der Waals surface area contributed by atoms with Gasteiger partial charge in [0.25, 0.3) is 20.0 Å². The molecule has 14 nitrogen and oxygen atoms in total. The average molecular weight is 902 g/mol. The first-order chi connectivity index (χ1) is 26.3. The zero-order chi connectivity index (χ0) is 41.4. The van der Waals surface area contributed by atoms with E-state index in [1.165, 1.54) is 19.1 Å². The largest absolute Gasteiger partial charge is 0.337 e. The second-order valence-electron chi connectivity index (χ2n) is 12.7. The van der Waals surface area contributed by atoms with Crippen molar-refractivity contribution in [1.29, 1.82) is 0 Å². The van der Waals surface area contributed by atoms with Gasteiger partial charge in [0.1, 0.15) is 4.90 Å². The van der Waals surface area contributed by atoms with E-state index in [0.29, 0.717) is 11.5 Å². The van der Waals surface area contributed by atoms with E-state index in [-0.39, 0.29) is 71.3 Å². The van der Waals surface area contributed by atoms with E-state index in [1.807, 2.05) is 39.8 Å². The molecule has 21 heteroatoms. The molecule has 2 amide bonds. The Balaban J connectivity index is 0.000000249. The van der Waals surface area contributed by atoms with Gasteiger partial charge in [-0.1, -0.05) is 60.3 Å². The van der Waals surface area contributed by atoms with Crippen LogP contribution in [0.15, 0.2) is 70.5 Å². The zero-order valence-corrected chi connectivity index (χ0v) is 36.5. The van der Waals surface area contributed by atoms with Crippen LogP contribution >= 0.6 is 57.9 Å². The first kappa shape index (κ1) is 44.8. The van der Waals surface area contributed by atoms with Crippen molar-refractivity contribution in [2.24, 2.45) is 0 Å². The molecule has 0 saturated heterocycles. The lowest BCUT2D eigenvalue weighted by Crippen LogP contribution is -2.43. The molecule has 5 rings (SSSR count). The molecule has 0 aliphatic rings. The lowest BCUT2D eigenvalue weighted by atomic mass is 10.1. The van der Waals surface area contributed by atoms with Gasteiger partial charge in [-0.15, -0.1) is 0 Å². The molecule has 0 spiro atoms. The summed E-state index contributed by atoms with van der Waals surface area (Å²) in [7, 11) is -7.83. The molecule has 2 aromatic heterocycles. The minimum absolute atomic E-state index is 0.00512. The summed E-state index contributed by atoms with van der Waals surface area (Å²) in [4.78, 5) is 33.5. The lowest BCUT2D eigenvalue weighted by Gasteiger charge is -2.30. The van der Waals surface area contributed by atoms with E-state index in [2.05, 4.69) is 40.4 Å². The van der Waals surface area contributed by atoms with Gasteiger partial charge < -0.3 is 10.2 Å². The molecule has 0 aliphatic carbocycles. The molecule has 0 fully saturated rings. The molecule has 0 unspecified atom stereocenters. The fourth-order valence-corrected chi connectivity index (χ4v) is 10.5. The van der Waals surface area contributed by atoms with Crippen LogP contribution in [0.3, 0.4) is 0 Å². The summed E-state index contributed by atoms with van der Waals surface area (Å²) in [6, 6.07) is 16.4. The Morgan fingerprint density at radius 1 is 0.786 bits per heavy atom. The fraction of sp³-hybridized carbons (Fsp3) is 0.314. The van der Waals surface area contributed by atoms with Gasteiger partial charge in [-0.2, -0.15) is 13.7 Å². The molecule has 0 saturated carbocycles. The highest BCUT2D eigenvalue weighted by atomic mass is 35.5. The normalized spacial score (nSPS) is 11.6. The van der Waals surface area contributed by atoms with Crippen LogP contribution in [0.5, 0.6) is 0 Å². The molecule has 0 atom stereocenters. The van der Waals surface area contributed by atoms with Crippen LogP contribution in [0.25, 0.3) is 11.4 Å². The second kappa shape index (κ2) is 19.5. The van der Waals surface area contributed by atoms with E-state index in [0.717, 1.165) is 47.0 Å². The van der Waals surface area contributed by atoms with Crippen LogP contribution < -0.4 is 14.8 Å². The number of hydrogen-bond donors (Lipinski definition) is 3. The summed E-state index contributed by atoms with van der Waals surface area (Å²) in [6.07, 6.45) is 1.88. The van der Waals surface area contributed by atoms with Gasteiger partial charge in [-0.05, 0) is 88.2 Å². The fourth-order valence-electron chi connectivity index (χ4n) is 5.30. The zero-order valence-electron chi connectivity index (χ0n) is 31.0. The Morgan fingerprint density at radius 2 is 1.34 bits per heavy atom. The molecule has 300 valence electrons. The van der Waals surface area contributed by atoms with Gasteiger partial charge >= 0.3 is 0 Å². The van der Waals surface area contributed by atoms with E-state index in [4.69, 9.17) is 34.8 Å². The van der Waals surface area contributed by atoms with Gasteiger partial charge in [0.2, 0.25) is 22.1 Å². The highest BCUT2D eigenvalue weighted by molar-refractivity contribution is 7.93. The standard InChI is InChI=1S/C19H20N4O3S2.C16H19Cl3N4O3S2/c1-3-4-14-5-11-17(12-6-14)28(25,26)23-19-21-18(22-27-19)15-7-9-16(10-8-15)20-13(2)24;1-8(2)23(9(3)4)14(24)7-13-20-16(27-21-13)22-28(25,26)15-11(18)5-10(17)6-12(15)19/h5-12H,3-4H2,1-2H3,(H,20,24)(H,21,22,23);5-6,8-9H,7H2,1-4H3,(H,20,21,22). The Bertz CT molecular complexity index is 2340. The molecule has 3 aromatic carbocycles. The number of halogens is 3. The number of anilines is 3. The number of rotatable bonds is 14. The van der Waals surface area contributed by atoms with Crippen molar-refractivity contribution >= 4 is 106 Å². The first-order valence-electron chi connectivity index (χ1n) is 16.9. The summed E-state index contributed by atoms with van der Waals surface area (Å²) in [5.41, 5.74) is 2.49. The van der Waals surface area contributed by atoms with E-state index in [9.17, 15) is 26.4 Å². The Labute approximate surface area is 349 Å². The maximum absolute atomic E-state index is 12.6. The number of nitrogens with one attached hydrogen (secondary N) is 3. The molecule has 2 heterocycles. The highest BCUT2D eigenvalue weighted by Gasteiger charge is 2.26. The number of nitrogens with zero attached hydrogens (tertiary/aromatic N) is 5. The van der Waals surface area contributed by atoms with Crippen LogP contribution in [0, 0.1) is 0 Å². The number of aromatic nitrogens is 4. The van der Waals surface area contributed by atoms with Gasteiger partial charge in [0.05, 0.1) is 21.4 Å². The van der Waals surface area contributed by atoms with Crippen LogP contribution in [0.4, 0.5) is 16.0 Å². The Hall–Kier alpha value is -3.91. The number of sulfonamides is 2. The van der Waals surface area contributed by atoms with Crippen molar-refractivity contribution in [2.75, 3.05) is 14.8 Å². The van der Waals surface area contributed by atoms with Crippen molar-refractivity contribution < 1.29 is 26.4 Å². The van der Waals surface area contributed by atoms with Crippen LogP contribution in [-0.2, 0) is 42.5 Å². The van der Waals surface area contributed by atoms with Crippen molar-refractivity contribution in [3.8, 4) is 11.4 Å². The quantitative estimate of drug-likeness (QED) is 0.0975. The van der Waals surface area contributed by atoms with Gasteiger partial charge in [-0.3, -0.25) is 19.0 Å². The molecular formula is C35H39Cl3N8O6S4. The van der Waals surface area contributed by atoms with E-state index in [1.54, 1.807) is 41.3 Å². The number of carbonyl (C=O) groups is 2. The van der Waals surface area contributed by atoms with E-state index < -0.39 is 20.0 Å². The number of hydrogen-bond acceptors (Lipinski definition) is 12. The van der Waals surface area contributed by atoms with Crippen LogP contribution in [-0.4, -0.2) is 64.3 Å². The van der Waals surface area contributed by atoms with Crippen molar-refractivity contribution in [2.45, 2.75) is 82.7 Å². The SMILES string of the molecule is CC(C)N(C(=O)Cc1nsc(NS(=O)(=O)c2c(Cl)cc(Cl)cc2Cl)n1)C(C)C.CCCc1ccc(S(=O)(=O)Nc2nc(-c3ccc(NC(C)=O)cc3)ns2)cc1. The first-order valence-corrected chi connectivity index (χ1v) is 22.6.